The summed E-state index contributed by atoms with van der Waals surface area (Å²) < 4.78 is 0. The molecule has 1 rings (SSSR count). The van der Waals surface area contributed by atoms with Gasteiger partial charge in [-0.2, -0.15) is 11.8 Å². The summed E-state index contributed by atoms with van der Waals surface area (Å²) in [6.07, 6.45) is 4.18. The number of hydrogen-bond donors (Lipinski definition) is 2. The molecule has 0 aromatic rings. The zero-order valence-corrected chi connectivity index (χ0v) is 11.2. The number of amides is 1. The lowest BCUT2D eigenvalue weighted by atomic mass is 10.2. The molecule has 1 fully saturated rings. The minimum absolute atomic E-state index is 0.202. The Balaban J connectivity index is 2.11. The third kappa shape index (κ3) is 5.21. The SMILES string of the molecule is CCNCCC(=O)NC1CCC(SCC)C1. The minimum atomic E-state index is 0.202. The molecular weight excluding hydrogens is 220 g/mol. The molecule has 4 heteroatoms. The highest BCUT2D eigenvalue weighted by molar-refractivity contribution is 7.99. The van der Waals surface area contributed by atoms with Gasteiger partial charge in [0.2, 0.25) is 5.91 Å². The van der Waals surface area contributed by atoms with Crippen LogP contribution in [0.5, 0.6) is 0 Å². The molecule has 0 aromatic heterocycles. The van der Waals surface area contributed by atoms with Crippen molar-refractivity contribution in [2.75, 3.05) is 18.8 Å². The summed E-state index contributed by atoms with van der Waals surface area (Å²) in [7, 11) is 0. The Morgan fingerprint density at radius 1 is 1.38 bits per heavy atom. The number of thioether (sulfide) groups is 1. The van der Waals surface area contributed by atoms with Gasteiger partial charge in [-0.3, -0.25) is 4.79 Å². The van der Waals surface area contributed by atoms with E-state index in [4.69, 9.17) is 0 Å². The van der Waals surface area contributed by atoms with Gasteiger partial charge in [-0.05, 0) is 31.6 Å². The average Bonchev–Trinajstić information content (AvgIpc) is 2.66. The highest BCUT2D eigenvalue weighted by atomic mass is 32.2. The fraction of sp³-hybridized carbons (Fsp3) is 0.917. The molecule has 0 heterocycles. The molecule has 1 amide bonds. The molecule has 0 saturated heterocycles. The molecule has 0 spiro atoms. The number of nitrogens with one attached hydrogen (secondary N) is 2. The summed E-state index contributed by atoms with van der Waals surface area (Å²) in [5.41, 5.74) is 0. The standard InChI is InChI=1S/C12H24N2OS/c1-3-13-8-7-12(15)14-10-5-6-11(9-10)16-4-2/h10-11,13H,3-9H2,1-2H3,(H,14,15). The van der Waals surface area contributed by atoms with Gasteiger partial charge in [-0.1, -0.05) is 13.8 Å². The topological polar surface area (TPSA) is 41.1 Å². The number of hydrogen-bond acceptors (Lipinski definition) is 3. The lowest BCUT2D eigenvalue weighted by Gasteiger charge is -2.13. The summed E-state index contributed by atoms with van der Waals surface area (Å²) in [6.45, 7) is 5.99. The summed E-state index contributed by atoms with van der Waals surface area (Å²) in [5, 5.41) is 7.07. The quantitative estimate of drug-likeness (QED) is 0.671. The fourth-order valence-corrected chi connectivity index (χ4v) is 3.28. The highest BCUT2D eigenvalue weighted by Crippen LogP contribution is 2.29. The van der Waals surface area contributed by atoms with Crippen molar-refractivity contribution in [1.29, 1.82) is 0 Å². The smallest absolute Gasteiger partial charge is 0.221 e. The van der Waals surface area contributed by atoms with Crippen molar-refractivity contribution in [3.63, 3.8) is 0 Å². The predicted octanol–water partition coefficient (Wildman–Crippen LogP) is 1.78. The molecule has 2 unspecified atom stereocenters. The van der Waals surface area contributed by atoms with E-state index in [9.17, 15) is 4.79 Å². The van der Waals surface area contributed by atoms with E-state index in [-0.39, 0.29) is 5.91 Å². The van der Waals surface area contributed by atoms with E-state index < -0.39 is 0 Å². The third-order valence-electron chi connectivity index (χ3n) is 2.93. The molecule has 0 aliphatic heterocycles. The van der Waals surface area contributed by atoms with Crippen molar-refractivity contribution in [2.45, 2.75) is 50.8 Å². The van der Waals surface area contributed by atoms with E-state index in [1.54, 1.807) is 0 Å². The Labute approximate surface area is 103 Å². The molecule has 1 saturated carbocycles. The van der Waals surface area contributed by atoms with Crippen LogP contribution in [0.15, 0.2) is 0 Å². The van der Waals surface area contributed by atoms with Gasteiger partial charge in [0.15, 0.2) is 0 Å². The molecular formula is C12H24N2OS. The molecule has 0 aromatic carbocycles. The average molecular weight is 244 g/mol. The van der Waals surface area contributed by atoms with Crippen LogP contribution >= 0.6 is 11.8 Å². The van der Waals surface area contributed by atoms with Crippen molar-refractivity contribution >= 4 is 17.7 Å². The first-order valence-corrected chi connectivity index (χ1v) is 7.42. The second kappa shape index (κ2) is 7.96. The molecule has 3 nitrogen and oxygen atoms in total. The Morgan fingerprint density at radius 3 is 2.88 bits per heavy atom. The fourth-order valence-electron chi connectivity index (χ4n) is 2.14. The zero-order chi connectivity index (χ0) is 11.8. The van der Waals surface area contributed by atoms with Crippen molar-refractivity contribution in [3.8, 4) is 0 Å². The number of rotatable bonds is 7. The van der Waals surface area contributed by atoms with Crippen LogP contribution in [0.3, 0.4) is 0 Å². The monoisotopic (exact) mass is 244 g/mol. The van der Waals surface area contributed by atoms with Crippen molar-refractivity contribution in [1.82, 2.24) is 10.6 Å². The number of carbonyl (C=O) groups is 1. The minimum Gasteiger partial charge on any atom is -0.353 e. The van der Waals surface area contributed by atoms with Gasteiger partial charge < -0.3 is 10.6 Å². The predicted molar refractivity (Wildman–Crippen MR) is 70.9 cm³/mol. The van der Waals surface area contributed by atoms with E-state index >= 15 is 0 Å². The van der Waals surface area contributed by atoms with Gasteiger partial charge in [0, 0.05) is 24.3 Å². The van der Waals surface area contributed by atoms with E-state index in [0.717, 1.165) is 31.2 Å². The van der Waals surface area contributed by atoms with E-state index in [1.165, 1.54) is 12.2 Å². The van der Waals surface area contributed by atoms with Gasteiger partial charge in [0.25, 0.3) is 0 Å². The van der Waals surface area contributed by atoms with Crippen LogP contribution in [0, 0.1) is 0 Å². The second-order valence-electron chi connectivity index (χ2n) is 4.26. The van der Waals surface area contributed by atoms with E-state index in [1.807, 2.05) is 11.8 Å². The van der Waals surface area contributed by atoms with Crippen LogP contribution in [0.4, 0.5) is 0 Å². The van der Waals surface area contributed by atoms with Crippen LogP contribution in [-0.4, -0.2) is 36.0 Å². The Bertz CT molecular complexity index is 211. The van der Waals surface area contributed by atoms with Gasteiger partial charge >= 0.3 is 0 Å². The summed E-state index contributed by atoms with van der Waals surface area (Å²) >= 11 is 2.03. The normalized spacial score (nSPS) is 24.6. The van der Waals surface area contributed by atoms with E-state index in [2.05, 4.69) is 24.5 Å². The summed E-state index contributed by atoms with van der Waals surface area (Å²) in [5.74, 6) is 1.39. The van der Waals surface area contributed by atoms with Crippen LogP contribution in [0.25, 0.3) is 0 Å². The Morgan fingerprint density at radius 2 is 2.19 bits per heavy atom. The maximum Gasteiger partial charge on any atom is 0.221 e. The van der Waals surface area contributed by atoms with Gasteiger partial charge in [-0.15, -0.1) is 0 Å². The molecule has 2 atom stereocenters. The molecule has 2 N–H and O–H groups in total. The molecule has 0 bridgehead atoms. The van der Waals surface area contributed by atoms with Gasteiger partial charge in [0.1, 0.15) is 0 Å². The van der Waals surface area contributed by atoms with Crippen LogP contribution < -0.4 is 10.6 Å². The maximum atomic E-state index is 11.6. The van der Waals surface area contributed by atoms with Crippen molar-refractivity contribution < 1.29 is 4.79 Å². The molecule has 94 valence electrons. The second-order valence-corrected chi connectivity index (χ2v) is 5.84. The number of carbonyl (C=O) groups excluding carboxylic acids is 1. The Kier molecular flexibility index (Phi) is 6.88. The maximum absolute atomic E-state index is 11.6. The molecule has 16 heavy (non-hydrogen) atoms. The van der Waals surface area contributed by atoms with E-state index in [0.29, 0.717) is 12.5 Å². The van der Waals surface area contributed by atoms with Crippen LogP contribution in [0.2, 0.25) is 0 Å². The first kappa shape index (κ1) is 13.8. The first-order chi connectivity index (χ1) is 7.76. The van der Waals surface area contributed by atoms with Crippen molar-refractivity contribution in [3.05, 3.63) is 0 Å². The zero-order valence-electron chi connectivity index (χ0n) is 10.4. The Hall–Kier alpha value is -0.220. The summed E-state index contributed by atoms with van der Waals surface area (Å²) in [6, 6.07) is 0.429. The highest BCUT2D eigenvalue weighted by Gasteiger charge is 2.25. The van der Waals surface area contributed by atoms with Gasteiger partial charge in [-0.25, -0.2) is 0 Å². The third-order valence-corrected chi connectivity index (χ3v) is 4.16. The van der Waals surface area contributed by atoms with Gasteiger partial charge in [0.05, 0.1) is 0 Å². The van der Waals surface area contributed by atoms with Crippen LogP contribution in [-0.2, 0) is 4.79 Å². The lowest BCUT2D eigenvalue weighted by Crippen LogP contribution is -2.34. The molecule has 1 aliphatic carbocycles. The molecule has 0 radical (unpaired) electrons. The lowest BCUT2D eigenvalue weighted by molar-refractivity contribution is -0.121. The van der Waals surface area contributed by atoms with Crippen LogP contribution in [0.1, 0.15) is 39.5 Å². The molecule has 1 aliphatic rings. The summed E-state index contributed by atoms with van der Waals surface area (Å²) in [4.78, 5) is 11.6. The largest absolute Gasteiger partial charge is 0.353 e. The van der Waals surface area contributed by atoms with Crippen molar-refractivity contribution in [2.24, 2.45) is 0 Å². The first-order valence-electron chi connectivity index (χ1n) is 6.38.